The molecular formula is C22H25N3O2S2. The minimum atomic E-state index is -0.834. The molecule has 4 rings (SSSR count). The normalized spacial score (nSPS) is 14.5. The van der Waals surface area contributed by atoms with Crippen LogP contribution in [0.2, 0.25) is 0 Å². The number of hydrogen-bond acceptors (Lipinski definition) is 6. The Morgan fingerprint density at radius 3 is 2.79 bits per heavy atom. The molecule has 0 saturated carbocycles. The molecule has 1 aliphatic carbocycles. The van der Waals surface area contributed by atoms with E-state index in [0.717, 1.165) is 40.2 Å². The maximum atomic E-state index is 11.8. The number of aliphatic carboxylic acids is 1. The number of anilines is 1. The van der Waals surface area contributed by atoms with Crippen molar-refractivity contribution in [1.82, 2.24) is 9.97 Å². The molecule has 1 aliphatic rings. The zero-order valence-electron chi connectivity index (χ0n) is 16.5. The Bertz CT molecular complexity index is 1000. The van der Waals surface area contributed by atoms with Crippen LogP contribution in [-0.2, 0) is 24.1 Å². The number of thiophene rings is 1. The van der Waals surface area contributed by atoms with Gasteiger partial charge in [0.25, 0.3) is 0 Å². The summed E-state index contributed by atoms with van der Waals surface area (Å²) in [5.74, 6) is 1.38. The van der Waals surface area contributed by atoms with E-state index in [4.69, 9.17) is 9.97 Å². The number of aromatic nitrogens is 2. The molecule has 0 bridgehead atoms. The number of carbonyl (C=O) groups is 1. The molecule has 7 heteroatoms. The first-order valence-corrected chi connectivity index (χ1v) is 12.2. The lowest BCUT2D eigenvalue weighted by molar-refractivity contribution is -0.137. The molecule has 5 nitrogen and oxygen atoms in total. The lowest BCUT2D eigenvalue weighted by Gasteiger charge is -2.17. The van der Waals surface area contributed by atoms with E-state index in [0.29, 0.717) is 18.7 Å². The lowest BCUT2D eigenvalue weighted by atomic mass is 9.97. The van der Waals surface area contributed by atoms with Crippen molar-refractivity contribution in [2.45, 2.75) is 44.6 Å². The molecule has 0 spiro atoms. The van der Waals surface area contributed by atoms with Crippen molar-refractivity contribution in [1.29, 1.82) is 0 Å². The highest BCUT2D eigenvalue weighted by atomic mass is 32.2. The van der Waals surface area contributed by atoms with Crippen LogP contribution in [0.4, 0.5) is 5.82 Å². The summed E-state index contributed by atoms with van der Waals surface area (Å²) >= 11 is 3.41. The van der Waals surface area contributed by atoms with Crippen molar-refractivity contribution >= 4 is 45.1 Å². The number of aryl methyl sites for hydroxylation is 2. The Morgan fingerprint density at radius 1 is 1.24 bits per heavy atom. The van der Waals surface area contributed by atoms with Crippen LogP contribution in [0.1, 0.15) is 41.1 Å². The van der Waals surface area contributed by atoms with Gasteiger partial charge in [-0.3, -0.25) is 0 Å². The standard InChI is InChI=1S/C22H25N3O2S2/c1-28-12-11-16(22(26)27)23-20-19-15-9-5-6-10-17(15)29-21(19)25-18(24-20)13-14-7-3-2-4-8-14/h2-4,7-8,16H,5-6,9-13H2,1H3,(H,26,27)(H,23,24,25)/t16-/m0/s1. The molecule has 2 N–H and O–H groups in total. The largest absolute Gasteiger partial charge is 0.480 e. The second-order valence-electron chi connectivity index (χ2n) is 7.36. The summed E-state index contributed by atoms with van der Waals surface area (Å²) in [6, 6.07) is 9.51. The Labute approximate surface area is 179 Å². The zero-order chi connectivity index (χ0) is 20.2. The molecule has 3 aromatic rings. The van der Waals surface area contributed by atoms with Gasteiger partial charge in [0, 0.05) is 11.3 Å². The summed E-state index contributed by atoms with van der Waals surface area (Å²) in [6.07, 6.45) is 7.66. The van der Waals surface area contributed by atoms with E-state index in [1.54, 1.807) is 23.1 Å². The van der Waals surface area contributed by atoms with Crippen LogP contribution in [0.25, 0.3) is 10.2 Å². The molecule has 0 saturated heterocycles. The van der Waals surface area contributed by atoms with Crippen molar-refractivity contribution in [2.24, 2.45) is 0 Å². The average molecular weight is 428 g/mol. The molecule has 1 atom stereocenters. The summed E-state index contributed by atoms with van der Waals surface area (Å²) in [4.78, 5) is 23.9. The number of nitrogens with zero attached hydrogens (tertiary/aromatic N) is 2. The van der Waals surface area contributed by atoms with E-state index in [1.807, 2.05) is 24.5 Å². The Kier molecular flexibility index (Phi) is 6.35. The SMILES string of the molecule is CSCC[C@H](Nc1nc(Cc2ccccc2)nc2sc3c(c12)CCCC3)C(=O)O. The Morgan fingerprint density at radius 2 is 2.03 bits per heavy atom. The van der Waals surface area contributed by atoms with E-state index >= 15 is 0 Å². The highest BCUT2D eigenvalue weighted by molar-refractivity contribution is 7.98. The quantitative estimate of drug-likeness (QED) is 0.539. The summed E-state index contributed by atoms with van der Waals surface area (Å²) in [7, 11) is 0. The molecule has 2 heterocycles. The van der Waals surface area contributed by atoms with Crippen molar-refractivity contribution in [3.8, 4) is 0 Å². The molecule has 29 heavy (non-hydrogen) atoms. The summed E-state index contributed by atoms with van der Waals surface area (Å²) in [5.41, 5.74) is 2.47. The molecular weight excluding hydrogens is 402 g/mol. The fourth-order valence-electron chi connectivity index (χ4n) is 3.82. The van der Waals surface area contributed by atoms with Crippen molar-refractivity contribution in [2.75, 3.05) is 17.3 Å². The van der Waals surface area contributed by atoms with Crippen LogP contribution in [-0.4, -0.2) is 39.1 Å². The molecule has 0 fully saturated rings. The van der Waals surface area contributed by atoms with Crippen LogP contribution >= 0.6 is 23.1 Å². The Hall–Kier alpha value is -2.12. The first-order valence-electron chi connectivity index (χ1n) is 9.99. The third kappa shape index (κ3) is 4.56. The van der Waals surface area contributed by atoms with Gasteiger partial charge in [0.15, 0.2) is 0 Å². The second kappa shape index (κ2) is 9.13. The number of benzene rings is 1. The van der Waals surface area contributed by atoms with Crippen molar-refractivity contribution in [3.05, 3.63) is 52.2 Å². The van der Waals surface area contributed by atoms with E-state index in [9.17, 15) is 9.90 Å². The van der Waals surface area contributed by atoms with E-state index in [-0.39, 0.29) is 0 Å². The molecule has 152 valence electrons. The maximum absolute atomic E-state index is 11.8. The summed E-state index contributed by atoms with van der Waals surface area (Å²) in [5, 5.41) is 14.0. The second-order valence-corrected chi connectivity index (χ2v) is 9.43. The number of fused-ring (bicyclic) bond motifs is 3. The van der Waals surface area contributed by atoms with Crippen LogP contribution < -0.4 is 5.32 Å². The van der Waals surface area contributed by atoms with Gasteiger partial charge in [0.2, 0.25) is 0 Å². The minimum Gasteiger partial charge on any atom is -0.480 e. The Balaban J connectivity index is 1.76. The van der Waals surface area contributed by atoms with Crippen LogP contribution in [0.5, 0.6) is 0 Å². The number of hydrogen-bond donors (Lipinski definition) is 2. The topological polar surface area (TPSA) is 75.1 Å². The van der Waals surface area contributed by atoms with Crippen LogP contribution in [0.3, 0.4) is 0 Å². The monoisotopic (exact) mass is 427 g/mol. The smallest absolute Gasteiger partial charge is 0.326 e. The molecule has 0 amide bonds. The summed E-state index contributed by atoms with van der Waals surface area (Å²) in [6.45, 7) is 0. The average Bonchev–Trinajstić information content (AvgIpc) is 3.10. The van der Waals surface area contributed by atoms with Crippen LogP contribution in [0.15, 0.2) is 30.3 Å². The van der Waals surface area contributed by atoms with Gasteiger partial charge in [-0.2, -0.15) is 11.8 Å². The predicted octanol–water partition coefficient (Wildman–Crippen LogP) is 4.78. The molecule has 0 aliphatic heterocycles. The van der Waals surface area contributed by atoms with Crippen LogP contribution in [0, 0.1) is 0 Å². The zero-order valence-corrected chi connectivity index (χ0v) is 18.1. The fourth-order valence-corrected chi connectivity index (χ4v) is 5.57. The van der Waals surface area contributed by atoms with E-state index in [1.165, 1.54) is 23.3 Å². The van der Waals surface area contributed by atoms with Gasteiger partial charge in [-0.15, -0.1) is 11.3 Å². The van der Waals surface area contributed by atoms with Crippen molar-refractivity contribution in [3.63, 3.8) is 0 Å². The first kappa shape index (κ1) is 20.2. The van der Waals surface area contributed by atoms with E-state index in [2.05, 4.69) is 17.4 Å². The summed E-state index contributed by atoms with van der Waals surface area (Å²) < 4.78 is 0. The van der Waals surface area contributed by atoms with Gasteiger partial charge in [0.05, 0.1) is 5.39 Å². The number of thioether (sulfide) groups is 1. The highest BCUT2D eigenvalue weighted by Gasteiger charge is 2.24. The molecule has 1 aromatic carbocycles. The third-order valence-corrected chi connectivity index (χ3v) is 7.12. The lowest BCUT2D eigenvalue weighted by Crippen LogP contribution is -2.30. The number of carboxylic acids is 1. The highest BCUT2D eigenvalue weighted by Crippen LogP contribution is 2.39. The number of carboxylic acid groups (broad SMARTS) is 1. The van der Waals surface area contributed by atoms with Gasteiger partial charge < -0.3 is 10.4 Å². The van der Waals surface area contributed by atoms with Gasteiger partial charge in [-0.05, 0) is 55.2 Å². The van der Waals surface area contributed by atoms with E-state index < -0.39 is 12.0 Å². The number of rotatable bonds is 8. The van der Waals surface area contributed by atoms with Gasteiger partial charge in [0.1, 0.15) is 22.5 Å². The van der Waals surface area contributed by atoms with Gasteiger partial charge in [-0.25, -0.2) is 14.8 Å². The first-order chi connectivity index (χ1) is 14.2. The number of nitrogens with one attached hydrogen (secondary N) is 1. The molecule has 0 unspecified atom stereocenters. The fraction of sp³-hybridized carbons (Fsp3) is 0.409. The van der Waals surface area contributed by atoms with Gasteiger partial charge >= 0.3 is 5.97 Å². The van der Waals surface area contributed by atoms with Gasteiger partial charge in [-0.1, -0.05) is 30.3 Å². The third-order valence-electron chi connectivity index (χ3n) is 5.29. The molecule has 0 radical (unpaired) electrons. The minimum absolute atomic E-state index is 0.558. The van der Waals surface area contributed by atoms with Crippen molar-refractivity contribution < 1.29 is 9.90 Å². The molecule has 2 aromatic heterocycles. The maximum Gasteiger partial charge on any atom is 0.326 e. The predicted molar refractivity (Wildman–Crippen MR) is 121 cm³/mol.